The second kappa shape index (κ2) is 18.2. The Bertz CT molecular complexity index is 195. The molecule has 18 heavy (non-hydrogen) atoms. The molecule has 0 radical (unpaired) electrons. The molecule has 0 aromatic heterocycles. The molecule has 0 aromatic rings. The molecule has 0 fully saturated rings. The van der Waals surface area contributed by atoms with Crippen molar-refractivity contribution in [2.45, 2.75) is 13.8 Å². The average molecular weight is 266 g/mol. The normalized spacial score (nSPS) is 7.61. The molecule has 0 N–H and O–H groups in total. The third-order valence-corrected chi connectivity index (χ3v) is 0.904. The lowest BCUT2D eigenvalue weighted by atomic mass is 10.3. The van der Waals surface area contributed by atoms with Crippen LogP contribution in [0.2, 0.25) is 0 Å². The number of ether oxygens (including phenoxy) is 2. The molecule has 8 heteroatoms. The van der Waals surface area contributed by atoms with E-state index >= 15 is 0 Å². The van der Waals surface area contributed by atoms with Gasteiger partial charge in [0.2, 0.25) is 0 Å². The summed E-state index contributed by atoms with van der Waals surface area (Å²) in [6.07, 6.45) is 3.36. The smallest absolute Gasteiger partial charge is 0.323 e. The lowest BCUT2D eigenvalue weighted by Gasteiger charge is -2.09. The minimum atomic E-state index is -3.17. The third kappa shape index (κ3) is 60.7. The summed E-state index contributed by atoms with van der Waals surface area (Å²) in [7, 11) is 4.54. The molecule has 0 atom stereocenters. The summed E-state index contributed by atoms with van der Waals surface area (Å²) in [5.41, 5.74) is 0. The zero-order chi connectivity index (χ0) is 15.0. The quantitative estimate of drug-likeness (QED) is 0.263. The van der Waals surface area contributed by atoms with E-state index in [9.17, 15) is 4.32 Å². The van der Waals surface area contributed by atoms with Crippen LogP contribution in [0.25, 0.3) is 0 Å². The fourth-order valence-electron chi connectivity index (χ4n) is 0.447. The monoisotopic (exact) mass is 266 g/mol. The number of halogens is 1. The molecule has 0 aliphatic heterocycles. The zero-order valence-corrected chi connectivity index (χ0v) is 12.1. The van der Waals surface area contributed by atoms with Crippen LogP contribution in [0.3, 0.4) is 0 Å². The summed E-state index contributed by atoms with van der Waals surface area (Å²) in [5, 5.41) is 16.6. The second-order valence-electron chi connectivity index (χ2n) is 3.32. The van der Waals surface area contributed by atoms with E-state index in [-0.39, 0.29) is 0 Å². The van der Waals surface area contributed by atoms with E-state index in [0.717, 1.165) is 13.2 Å². The van der Waals surface area contributed by atoms with Crippen molar-refractivity contribution in [3.8, 4) is 0 Å². The topological polar surface area (TPSA) is 70.6 Å². The first-order chi connectivity index (χ1) is 8.27. The highest BCUT2D eigenvalue weighted by Gasteiger charge is 1.77. The summed E-state index contributed by atoms with van der Waals surface area (Å²) >= 11 is 0. The van der Waals surface area contributed by atoms with E-state index in [1.807, 2.05) is 51.2 Å². The van der Waals surface area contributed by atoms with Gasteiger partial charge >= 0.3 is 12.8 Å². The molecule has 0 rings (SSSR count). The van der Waals surface area contributed by atoms with Crippen molar-refractivity contribution in [2.75, 3.05) is 41.4 Å². The van der Waals surface area contributed by atoms with Crippen LogP contribution in [-0.2, 0) is 9.47 Å². The van der Waals surface area contributed by atoms with Crippen LogP contribution in [0, 0.1) is 0 Å². The first-order valence-corrected chi connectivity index (χ1v) is 5.46. The van der Waals surface area contributed by atoms with Crippen LogP contribution in [0.5, 0.6) is 0 Å². The van der Waals surface area contributed by atoms with Gasteiger partial charge in [0.25, 0.3) is 0 Å². The highest BCUT2D eigenvalue weighted by Crippen LogP contribution is 1.61. The van der Waals surface area contributed by atoms with E-state index in [1.54, 1.807) is 12.8 Å². The molecule has 0 saturated heterocycles. The Morgan fingerprint density at radius 1 is 0.944 bits per heavy atom. The molecule has 0 aromatic carbocycles. The van der Waals surface area contributed by atoms with E-state index in [0.29, 0.717) is 0 Å². The first-order valence-electron chi connectivity index (χ1n) is 5.46. The van der Waals surface area contributed by atoms with Gasteiger partial charge in [0.05, 0.1) is 13.2 Å². The van der Waals surface area contributed by atoms with Gasteiger partial charge in [-0.1, -0.05) is 0 Å². The van der Waals surface area contributed by atoms with E-state index in [4.69, 9.17) is 19.5 Å². The lowest BCUT2D eigenvalue weighted by Crippen LogP contribution is -2.39. The number of hydrogen-bond acceptors (Lipinski definition) is 4. The Morgan fingerprint density at radius 2 is 1.17 bits per heavy atom. The van der Waals surface area contributed by atoms with Crippen molar-refractivity contribution in [1.29, 1.82) is 0 Å². The Hall–Kier alpha value is -1.15. The second-order valence-corrected chi connectivity index (χ2v) is 3.32. The van der Waals surface area contributed by atoms with Crippen molar-refractivity contribution in [3.05, 3.63) is 0 Å². The van der Waals surface area contributed by atoms with E-state index in [1.165, 1.54) is 0 Å². The fraction of sp³-hybridized carbons (Fsp3) is 0.800. The van der Waals surface area contributed by atoms with Crippen molar-refractivity contribution in [1.82, 2.24) is 0 Å². The van der Waals surface area contributed by atoms with Crippen molar-refractivity contribution in [2.24, 2.45) is 0 Å². The molecule has 0 aliphatic carbocycles. The fourth-order valence-corrected chi connectivity index (χ4v) is 0.447. The Balaban J connectivity index is -0.000000196. The highest BCUT2D eigenvalue weighted by molar-refractivity contribution is 6.27. The van der Waals surface area contributed by atoms with Crippen LogP contribution in [0.4, 0.5) is 4.32 Å². The van der Waals surface area contributed by atoms with Crippen molar-refractivity contribution < 1.29 is 33.0 Å². The van der Waals surface area contributed by atoms with Gasteiger partial charge in [0.1, 0.15) is 35.6 Å². The molecule has 0 saturated carbocycles. The summed E-state index contributed by atoms with van der Waals surface area (Å²) in [6, 6.07) is 0. The Kier molecular flexibility index (Phi) is 22.3. The third-order valence-electron chi connectivity index (χ3n) is 0.904. The van der Waals surface area contributed by atoms with Crippen molar-refractivity contribution in [3.63, 3.8) is 0 Å². The van der Waals surface area contributed by atoms with Crippen LogP contribution in [0.1, 0.15) is 13.8 Å². The van der Waals surface area contributed by atoms with Crippen molar-refractivity contribution >= 4 is 20.2 Å². The van der Waals surface area contributed by atoms with Gasteiger partial charge in [-0.15, -0.1) is 0 Å². The number of rotatable bonds is 4. The molecule has 0 bridgehead atoms. The molecule has 0 unspecified atom stereocenters. The van der Waals surface area contributed by atoms with Gasteiger partial charge in [0, 0.05) is 0 Å². The maximum atomic E-state index is 9.89. The standard InChI is InChI=1S/2C5H12NO.BFO2/c2*1-4-7-5-6(2)3;2-1(3)4/h2*5H,4H2,1-3H3;/q2*+1;-2. The first kappa shape index (κ1) is 22.1. The molecule has 108 valence electrons. The SMILES string of the molecule is CCOC=[N+](C)C.CCOC=[N+](C)C.[O-]B([O-])F. The minimum Gasteiger partial charge on any atom is -0.867 e. The van der Waals surface area contributed by atoms with Crippen LogP contribution in [0.15, 0.2) is 0 Å². The average Bonchev–Trinajstić information content (AvgIpc) is 2.23. The van der Waals surface area contributed by atoms with Crippen LogP contribution >= 0.6 is 0 Å². The largest absolute Gasteiger partial charge is 0.867 e. The molecule has 6 nitrogen and oxygen atoms in total. The van der Waals surface area contributed by atoms with E-state index < -0.39 is 7.40 Å². The molecule has 0 heterocycles. The maximum Gasteiger partial charge on any atom is 0.323 e. The Labute approximate surface area is 109 Å². The number of nitrogens with zero attached hydrogens (tertiary/aromatic N) is 2. The summed E-state index contributed by atoms with van der Waals surface area (Å²) < 4.78 is 23.4. The Morgan fingerprint density at radius 3 is 1.22 bits per heavy atom. The minimum absolute atomic E-state index is 0.748. The lowest BCUT2D eigenvalue weighted by molar-refractivity contribution is -0.468. The van der Waals surface area contributed by atoms with Gasteiger partial charge in [-0.25, -0.2) is 9.15 Å². The summed E-state index contributed by atoms with van der Waals surface area (Å²) in [6.45, 7) is 5.41. The highest BCUT2D eigenvalue weighted by atomic mass is 19.1. The van der Waals surface area contributed by atoms with Gasteiger partial charge in [-0.3, -0.25) is 0 Å². The predicted octanol–water partition coefficient (Wildman–Crippen LogP) is -1.69. The van der Waals surface area contributed by atoms with Gasteiger partial charge in [0.15, 0.2) is 0 Å². The van der Waals surface area contributed by atoms with Gasteiger partial charge in [-0.05, 0) is 13.8 Å². The van der Waals surface area contributed by atoms with Crippen LogP contribution in [-0.4, -0.2) is 70.8 Å². The zero-order valence-electron chi connectivity index (χ0n) is 12.1. The molecular weight excluding hydrogens is 242 g/mol. The molecule has 0 amide bonds. The van der Waals surface area contributed by atoms with Crippen LogP contribution < -0.4 is 10.0 Å². The molecular formula is C10H24BFN2O4. The van der Waals surface area contributed by atoms with E-state index in [2.05, 4.69) is 0 Å². The predicted molar refractivity (Wildman–Crippen MR) is 66.5 cm³/mol. The summed E-state index contributed by atoms with van der Waals surface area (Å²) in [5.74, 6) is 0. The van der Waals surface area contributed by atoms with Gasteiger partial charge in [-0.2, -0.15) is 0 Å². The molecule has 0 aliphatic rings. The summed E-state index contributed by atoms with van der Waals surface area (Å²) in [4.78, 5) is 0. The maximum absolute atomic E-state index is 9.89. The molecule has 0 spiro atoms. The number of hydrogen-bond donors (Lipinski definition) is 0. The van der Waals surface area contributed by atoms with Gasteiger partial charge < -0.3 is 23.8 Å².